The number of hydrogen-bond acceptors (Lipinski definition) is 6. The minimum absolute atomic E-state index is 0.0357. The molecule has 6 nitrogen and oxygen atoms in total. The summed E-state index contributed by atoms with van der Waals surface area (Å²) in [5, 5.41) is 3.04. The van der Waals surface area contributed by atoms with Crippen molar-refractivity contribution in [1.82, 2.24) is 9.88 Å². The Morgan fingerprint density at radius 1 is 1.15 bits per heavy atom. The van der Waals surface area contributed by atoms with Gasteiger partial charge in [-0.3, -0.25) is 4.79 Å². The summed E-state index contributed by atoms with van der Waals surface area (Å²) in [5.41, 5.74) is 4.19. The monoisotopic (exact) mass is 463 g/mol. The van der Waals surface area contributed by atoms with Crippen LogP contribution in [0, 0.1) is 6.92 Å². The van der Waals surface area contributed by atoms with Crippen molar-refractivity contribution in [2.75, 3.05) is 38.3 Å². The average molecular weight is 464 g/mol. The molecule has 0 aliphatic carbocycles. The first-order chi connectivity index (χ1) is 16.1. The summed E-state index contributed by atoms with van der Waals surface area (Å²) in [6.07, 6.45) is 3.43. The highest BCUT2D eigenvalue weighted by atomic mass is 32.1. The number of likely N-dealkylation sites (N-methyl/N-ethyl adjacent to an activating group) is 1. The molecule has 172 valence electrons. The third-order valence-electron chi connectivity index (χ3n) is 5.46. The van der Waals surface area contributed by atoms with Gasteiger partial charge in [-0.2, -0.15) is 0 Å². The molecule has 1 fully saturated rings. The maximum atomic E-state index is 12.5. The third kappa shape index (κ3) is 6.66. The fourth-order valence-electron chi connectivity index (χ4n) is 3.59. The molecule has 3 aromatic rings. The van der Waals surface area contributed by atoms with Gasteiger partial charge in [0, 0.05) is 43.8 Å². The average Bonchev–Trinajstić information content (AvgIpc) is 3.28. The van der Waals surface area contributed by atoms with Crippen LogP contribution in [-0.4, -0.2) is 49.1 Å². The molecule has 0 atom stereocenters. The van der Waals surface area contributed by atoms with Gasteiger partial charge < -0.3 is 19.3 Å². The normalized spacial score (nSPS) is 13.9. The van der Waals surface area contributed by atoms with Crippen LogP contribution in [0.25, 0.3) is 6.08 Å². The molecular weight excluding hydrogens is 434 g/mol. The van der Waals surface area contributed by atoms with E-state index in [-0.39, 0.29) is 5.91 Å². The molecule has 0 spiro atoms. The predicted octanol–water partition coefficient (Wildman–Crippen LogP) is 4.54. The maximum absolute atomic E-state index is 12.5. The van der Waals surface area contributed by atoms with E-state index in [1.165, 1.54) is 5.69 Å². The summed E-state index contributed by atoms with van der Waals surface area (Å²) in [6, 6.07) is 16.1. The van der Waals surface area contributed by atoms with Crippen molar-refractivity contribution < 1.29 is 14.3 Å². The Bertz CT molecular complexity index is 1070. The number of carbonyl (C=O) groups excluding carboxylic acids is 1. The minimum atomic E-state index is -0.0357. The number of aryl methyl sites for hydroxylation is 1. The van der Waals surface area contributed by atoms with Crippen LogP contribution in [0.2, 0.25) is 0 Å². The van der Waals surface area contributed by atoms with E-state index in [9.17, 15) is 4.79 Å². The van der Waals surface area contributed by atoms with Gasteiger partial charge in [-0.1, -0.05) is 24.3 Å². The molecule has 2 heterocycles. The summed E-state index contributed by atoms with van der Waals surface area (Å²) in [6.45, 7) is 6.38. The fourth-order valence-corrected chi connectivity index (χ4v) is 4.18. The number of thiazole rings is 1. The number of amides is 1. The van der Waals surface area contributed by atoms with Crippen molar-refractivity contribution >= 4 is 29.0 Å². The zero-order chi connectivity index (χ0) is 23.0. The molecule has 1 aliphatic heterocycles. The van der Waals surface area contributed by atoms with Gasteiger partial charge in [0.1, 0.15) is 12.4 Å². The van der Waals surface area contributed by atoms with Crippen LogP contribution in [-0.2, 0) is 22.7 Å². The summed E-state index contributed by atoms with van der Waals surface area (Å²) >= 11 is 1.62. The van der Waals surface area contributed by atoms with Gasteiger partial charge in [0.15, 0.2) is 0 Å². The van der Waals surface area contributed by atoms with Gasteiger partial charge in [-0.05, 0) is 48.4 Å². The van der Waals surface area contributed by atoms with Crippen molar-refractivity contribution in [3.8, 4) is 5.75 Å². The van der Waals surface area contributed by atoms with E-state index in [1.807, 2.05) is 49.7 Å². The zero-order valence-corrected chi connectivity index (χ0v) is 19.9. The van der Waals surface area contributed by atoms with Crippen LogP contribution >= 0.6 is 11.3 Å². The number of morpholine rings is 1. The smallest absolute Gasteiger partial charge is 0.246 e. The Labute approximate surface area is 199 Å². The Morgan fingerprint density at radius 3 is 2.55 bits per heavy atom. The Morgan fingerprint density at radius 2 is 1.88 bits per heavy atom. The Hall–Kier alpha value is -3.16. The van der Waals surface area contributed by atoms with Crippen LogP contribution < -0.4 is 9.64 Å². The van der Waals surface area contributed by atoms with Gasteiger partial charge in [0.25, 0.3) is 0 Å². The van der Waals surface area contributed by atoms with E-state index in [4.69, 9.17) is 9.47 Å². The lowest BCUT2D eigenvalue weighted by atomic mass is 10.1. The van der Waals surface area contributed by atoms with E-state index in [2.05, 4.69) is 34.1 Å². The molecule has 1 aromatic heterocycles. The van der Waals surface area contributed by atoms with Crippen LogP contribution in [0.15, 0.2) is 60.0 Å². The lowest BCUT2D eigenvalue weighted by Gasteiger charge is -2.29. The molecule has 0 radical (unpaired) electrons. The van der Waals surface area contributed by atoms with Crippen molar-refractivity contribution in [2.24, 2.45) is 0 Å². The molecular formula is C26H29N3O3S. The Kier molecular flexibility index (Phi) is 7.75. The lowest BCUT2D eigenvalue weighted by molar-refractivity contribution is -0.125. The highest BCUT2D eigenvalue weighted by Crippen LogP contribution is 2.18. The van der Waals surface area contributed by atoms with Gasteiger partial charge in [-0.15, -0.1) is 11.3 Å². The minimum Gasteiger partial charge on any atom is -0.487 e. The maximum Gasteiger partial charge on any atom is 0.246 e. The summed E-state index contributed by atoms with van der Waals surface area (Å²) in [4.78, 5) is 21.0. The number of ether oxygens (including phenoxy) is 2. The first-order valence-electron chi connectivity index (χ1n) is 11.1. The van der Waals surface area contributed by atoms with Gasteiger partial charge in [0.05, 0.1) is 23.9 Å². The number of benzene rings is 2. The molecule has 0 N–H and O–H groups in total. The highest BCUT2D eigenvalue weighted by Gasteiger charge is 2.11. The second kappa shape index (κ2) is 11.1. The molecule has 4 rings (SSSR count). The topological polar surface area (TPSA) is 54.9 Å². The largest absolute Gasteiger partial charge is 0.487 e. The van der Waals surface area contributed by atoms with Crippen LogP contribution in [0.5, 0.6) is 5.75 Å². The second-order valence-electron chi connectivity index (χ2n) is 8.01. The molecule has 33 heavy (non-hydrogen) atoms. The third-order valence-corrected chi connectivity index (χ3v) is 6.28. The number of hydrogen-bond donors (Lipinski definition) is 0. The quantitative estimate of drug-likeness (QED) is 0.459. The summed E-state index contributed by atoms with van der Waals surface area (Å²) in [5.74, 6) is 0.744. The molecule has 0 bridgehead atoms. The zero-order valence-electron chi connectivity index (χ0n) is 19.1. The number of rotatable bonds is 8. The molecule has 1 amide bonds. The van der Waals surface area contributed by atoms with Crippen molar-refractivity contribution in [3.63, 3.8) is 0 Å². The van der Waals surface area contributed by atoms with E-state index in [0.29, 0.717) is 13.2 Å². The first kappa shape index (κ1) is 23.0. The number of aromatic nitrogens is 1. The van der Waals surface area contributed by atoms with Crippen LogP contribution in [0.3, 0.4) is 0 Å². The van der Waals surface area contributed by atoms with Crippen LogP contribution in [0.1, 0.15) is 21.8 Å². The molecule has 0 saturated carbocycles. The van der Waals surface area contributed by atoms with Crippen molar-refractivity contribution in [1.29, 1.82) is 0 Å². The van der Waals surface area contributed by atoms with Crippen LogP contribution in [0.4, 0.5) is 5.69 Å². The predicted molar refractivity (Wildman–Crippen MR) is 133 cm³/mol. The van der Waals surface area contributed by atoms with E-state index in [0.717, 1.165) is 53.9 Å². The van der Waals surface area contributed by atoms with Crippen molar-refractivity contribution in [2.45, 2.75) is 20.1 Å². The second-order valence-corrected chi connectivity index (χ2v) is 9.07. The van der Waals surface area contributed by atoms with E-state index >= 15 is 0 Å². The number of nitrogens with zero attached hydrogens (tertiary/aromatic N) is 3. The van der Waals surface area contributed by atoms with Gasteiger partial charge in [0.2, 0.25) is 5.91 Å². The highest BCUT2D eigenvalue weighted by molar-refractivity contribution is 7.09. The lowest BCUT2D eigenvalue weighted by Crippen LogP contribution is -2.36. The summed E-state index contributed by atoms with van der Waals surface area (Å²) in [7, 11) is 1.82. The van der Waals surface area contributed by atoms with E-state index in [1.54, 1.807) is 22.3 Å². The number of anilines is 1. The summed E-state index contributed by atoms with van der Waals surface area (Å²) < 4.78 is 11.2. The first-order valence-corrected chi connectivity index (χ1v) is 11.9. The number of carbonyl (C=O) groups is 1. The molecule has 1 saturated heterocycles. The molecule has 7 heteroatoms. The van der Waals surface area contributed by atoms with Crippen molar-refractivity contribution in [3.05, 3.63) is 81.8 Å². The van der Waals surface area contributed by atoms with Gasteiger partial charge >= 0.3 is 0 Å². The molecule has 2 aromatic carbocycles. The van der Waals surface area contributed by atoms with Gasteiger partial charge in [-0.25, -0.2) is 4.98 Å². The SMILES string of the molecule is Cc1nc(COc2ccc(/C=C/C(=O)N(C)Cc3ccc(N4CCOCC4)cc3)cc2)cs1. The fraction of sp³-hybridized carbons (Fsp3) is 0.308. The standard InChI is InChI=1S/C26H29N3O3S/c1-20-27-23(19-33-20)18-32-25-10-5-21(6-11-25)7-12-26(30)28(2)17-22-3-8-24(9-4-22)29-13-15-31-16-14-29/h3-12,19H,13-18H2,1-2H3/b12-7+. The van der Waals surface area contributed by atoms with E-state index < -0.39 is 0 Å². The molecule has 0 unspecified atom stereocenters. The molecule has 1 aliphatic rings. The Balaban J connectivity index is 1.26.